The zero-order valence-electron chi connectivity index (χ0n) is 16.4. The number of hydrogen-bond acceptors (Lipinski definition) is 2. The smallest absolute Gasteiger partial charge is 0.227 e. The molecule has 0 unspecified atom stereocenters. The third-order valence-electron chi connectivity index (χ3n) is 5.31. The van der Waals surface area contributed by atoms with Gasteiger partial charge in [0.2, 0.25) is 11.8 Å². The maximum atomic E-state index is 12.6. The molecule has 2 amide bonds. The van der Waals surface area contributed by atoms with Gasteiger partial charge in [0, 0.05) is 24.7 Å². The minimum Gasteiger partial charge on any atom is -0.342 e. The number of benzene rings is 2. The van der Waals surface area contributed by atoms with Gasteiger partial charge in [-0.25, -0.2) is 0 Å². The summed E-state index contributed by atoms with van der Waals surface area (Å²) in [6.45, 7) is 7.39. The Balaban J connectivity index is 1.53. The fraction of sp³-hybridized carbons (Fsp3) is 0.391. The number of nitrogens with zero attached hydrogens (tertiary/aromatic N) is 1. The van der Waals surface area contributed by atoms with Crippen LogP contribution in [0.25, 0.3) is 0 Å². The maximum Gasteiger partial charge on any atom is 0.227 e. The number of hydrogen-bond donors (Lipinski definition) is 1. The molecule has 0 spiro atoms. The molecule has 27 heavy (non-hydrogen) atoms. The van der Waals surface area contributed by atoms with Crippen molar-refractivity contribution in [2.45, 2.75) is 40.0 Å². The predicted molar refractivity (Wildman–Crippen MR) is 109 cm³/mol. The van der Waals surface area contributed by atoms with Gasteiger partial charge in [0.05, 0.1) is 6.42 Å². The number of anilines is 1. The highest BCUT2D eigenvalue weighted by molar-refractivity contribution is 5.93. The molecule has 0 saturated carbocycles. The van der Waals surface area contributed by atoms with Crippen molar-refractivity contribution in [1.29, 1.82) is 0 Å². The van der Waals surface area contributed by atoms with E-state index in [-0.39, 0.29) is 17.7 Å². The summed E-state index contributed by atoms with van der Waals surface area (Å²) in [5.74, 6) is 0.178. The Morgan fingerprint density at radius 2 is 1.63 bits per heavy atom. The summed E-state index contributed by atoms with van der Waals surface area (Å²) in [7, 11) is 0. The van der Waals surface area contributed by atoms with Crippen LogP contribution in [0, 0.1) is 26.7 Å². The van der Waals surface area contributed by atoms with Crippen molar-refractivity contribution in [3.63, 3.8) is 0 Å². The Morgan fingerprint density at radius 3 is 2.26 bits per heavy atom. The second-order valence-electron chi connectivity index (χ2n) is 7.62. The molecule has 142 valence electrons. The zero-order chi connectivity index (χ0) is 19.4. The molecular formula is C23H28N2O2. The van der Waals surface area contributed by atoms with Crippen LogP contribution in [0.3, 0.4) is 0 Å². The minimum atomic E-state index is -0.0340. The summed E-state index contributed by atoms with van der Waals surface area (Å²) in [5.41, 5.74) is 5.37. The topological polar surface area (TPSA) is 49.4 Å². The summed E-state index contributed by atoms with van der Waals surface area (Å²) in [6.07, 6.45) is 1.87. The quantitative estimate of drug-likeness (QED) is 0.890. The highest BCUT2D eigenvalue weighted by Gasteiger charge is 2.27. The standard InChI is InChI=1S/C23H28N2O2/c1-16-12-17(2)14-21(13-16)24-23(27)19-8-10-25(11-9-19)22(26)15-20-7-5-4-6-18(20)3/h4-7,12-14,19H,8-11,15H2,1-3H3,(H,24,27). The van der Waals surface area contributed by atoms with E-state index >= 15 is 0 Å². The number of piperidine rings is 1. The van der Waals surface area contributed by atoms with Crippen LogP contribution in [0.5, 0.6) is 0 Å². The van der Waals surface area contributed by atoms with Crippen LogP contribution >= 0.6 is 0 Å². The van der Waals surface area contributed by atoms with Gasteiger partial charge >= 0.3 is 0 Å². The van der Waals surface area contributed by atoms with E-state index in [1.165, 1.54) is 0 Å². The fourth-order valence-electron chi connectivity index (χ4n) is 3.77. The van der Waals surface area contributed by atoms with Crippen LogP contribution < -0.4 is 5.32 Å². The molecular weight excluding hydrogens is 336 g/mol. The second kappa shape index (κ2) is 8.38. The van der Waals surface area contributed by atoms with Crippen LogP contribution in [0.2, 0.25) is 0 Å². The van der Waals surface area contributed by atoms with Crippen LogP contribution in [0.4, 0.5) is 5.69 Å². The molecule has 0 aromatic heterocycles. The van der Waals surface area contributed by atoms with E-state index in [1.807, 2.05) is 62.1 Å². The number of aryl methyl sites for hydroxylation is 3. The number of nitrogens with one attached hydrogen (secondary N) is 1. The Hall–Kier alpha value is -2.62. The minimum absolute atomic E-state index is 0.0340. The third kappa shape index (κ3) is 4.97. The Kier molecular flexibility index (Phi) is 5.94. The van der Waals surface area contributed by atoms with E-state index in [0.29, 0.717) is 19.5 Å². The average molecular weight is 364 g/mol. The van der Waals surface area contributed by atoms with Crippen molar-refractivity contribution in [2.75, 3.05) is 18.4 Å². The number of amides is 2. The van der Waals surface area contributed by atoms with Crippen LogP contribution in [0.1, 0.15) is 35.1 Å². The summed E-state index contributed by atoms with van der Waals surface area (Å²) in [5, 5.41) is 3.04. The predicted octanol–water partition coefficient (Wildman–Crippen LogP) is 4.03. The number of carbonyl (C=O) groups excluding carboxylic acids is 2. The summed E-state index contributed by atoms with van der Waals surface area (Å²) < 4.78 is 0. The lowest BCUT2D eigenvalue weighted by Gasteiger charge is -2.31. The van der Waals surface area contributed by atoms with Gasteiger partial charge < -0.3 is 10.2 Å². The van der Waals surface area contributed by atoms with Crippen molar-refractivity contribution >= 4 is 17.5 Å². The van der Waals surface area contributed by atoms with Crippen molar-refractivity contribution in [3.8, 4) is 0 Å². The second-order valence-corrected chi connectivity index (χ2v) is 7.62. The highest BCUT2D eigenvalue weighted by atomic mass is 16.2. The first kappa shape index (κ1) is 19.2. The van der Waals surface area contributed by atoms with Gasteiger partial charge in [-0.05, 0) is 68.0 Å². The Morgan fingerprint density at radius 1 is 1.00 bits per heavy atom. The molecule has 0 bridgehead atoms. The molecule has 0 aliphatic carbocycles. The van der Waals surface area contributed by atoms with E-state index in [2.05, 4.69) is 11.4 Å². The first-order chi connectivity index (χ1) is 12.9. The van der Waals surface area contributed by atoms with Gasteiger partial charge in [0.1, 0.15) is 0 Å². The lowest BCUT2D eigenvalue weighted by Crippen LogP contribution is -2.42. The molecule has 0 atom stereocenters. The molecule has 1 fully saturated rings. The number of likely N-dealkylation sites (tertiary alicyclic amines) is 1. The normalized spacial score (nSPS) is 14.9. The first-order valence-corrected chi connectivity index (χ1v) is 9.64. The van der Waals surface area contributed by atoms with Gasteiger partial charge in [-0.3, -0.25) is 9.59 Å². The molecule has 1 N–H and O–H groups in total. The van der Waals surface area contributed by atoms with E-state index < -0.39 is 0 Å². The van der Waals surface area contributed by atoms with Crippen molar-refractivity contribution in [2.24, 2.45) is 5.92 Å². The molecule has 4 heteroatoms. The van der Waals surface area contributed by atoms with Crippen LogP contribution in [-0.2, 0) is 16.0 Å². The summed E-state index contributed by atoms with van der Waals surface area (Å²) in [6, 6.07) is 14.1. The van der Waals surface area contributed by atoms with Crippen molar-refractivity contribution in [3.05, 3.63) is 64.7 Å². The summed E-state index contributed by atoms with van der Waals surface area (Å²) in [4.78, 5) is 27.1. The van der Waals surface area contributed by atoms with E-state index in [1.54, 1.807) is 0 Å². The molecule has 2 aromatic rings. The van der Waals surface area contributed by atoms with Crippen LogP contribution in [-0.4, -0.2) is 29.8 Å². The fourth-order valence-corrected chi connectivity index (χ4v) is 3.77. The SMILES string of the molecule is Cc1cc(C)cc(NC(=O)C2CCN(C(=O)Cc3ccccc3C)CC2)c1. The lowest BCUT2D eigenvalue weighted by molar-refractivity contribution is -0.133. The Labute approximate surface area is 161 Å². The number of carbonyl (C=O) groups is 2. The maximum absolute atomic E-state index is 12.6. The lowest BCUT2D eigenvalue weighted by atomic mass is 9.95. The molecule has 3 rings (SSSR count). The molecule has 1 heterocycles. The molecule has 4 nitrogen and oxygen atoms in total. The monoisotopic (exact) mass is 364 g/mol. The Bertz CT molecular complexity index is 816. The third-order valence-corrected chi connectivity index (χ3v) is 5.31. The first-order valence-electron chi connectivity index (χ1n) is 9.64. The van der Waals surface area contributed by atoms with Gasteiger partial charge in [-0.15, -0.1) is 0 Å². The molecule has 1 aliphatic heterocycles. The van der Waals surface area contributed by atoms with Gasteiger partial charge in [0.25, 0.3) is 0 Å². The van der Waals surface area contributed by atoms with Crippen molar-refractivity contribution in [1.82, 2.24) is 4.90 Å². The molecule has 2 aromatic carbocycles. The van der Waals surface area contributed by atoms with E-state index in [4.69, 9.17) is 0 Å². The van der Waals surface area contributed by atoms with E-state index in [9.17, 15) is 9.59 Å². The largest absolute Gasteiger partial charge is 0.342 e. The van der Waals surface area contributed by atoms with Gasteiger partial charge in [0.15, 0.2) is 0 Å². The molecule has 0 radical (unpaired) electrons. The van der Waals surface area contributed by atoms with Crippen LogP contribution in [0.15, 0.2) is 42.5 Å². The van der Waals surface area contributed by atoms with E-state index in [0.717, 1.165) is 40.8 Å². The molecule has 1 saturated heterocycles. The van der Waals surface area contributed by atoms with Gasteiger partial charge in [-0.1, -0.05) is 30.3 Å². The number of rotatable bonds is 4. The van der Waals surface area contributed by atoms with Gasteiger partial charge in [-0.2, -0.15) is 0 Å². The zero-order valence-corrected chi connectivity index (χ0v) is 16.4. The molecule has 1 aliphatic rings. The highest BCUT2D eigenvalue weighted by Crippen LogP contribution is 2.22. The summed E-state index contributed by atoms with van der Waals surface area (Å²) >= 11 is 0. The average Bonchev–Trinajstić information content (AvgIpc) is 2.63. The van der Waals surface area contributed by atoms with Crippen molar-refractivity contribution < 1.29 is 9.59 Å².